The van der Waals surface area contributed by atoms with Crippen LogP contribution in [0.2, 0.25) is 0 Å². The number of para-hydroxylation sites is 1. The molecule has 0 N–H and O–H groups in total. The van der Waals surface area contributed by atoms with Crippen LogP contribution in [0.5, 0.6) is 0 Å². The van der Waals surface area contributed by atoms with Gasteiger partial charge in [-0.3, -0.25) is 4.99 Å². The van der Waals surface area contributed by atoms with Crippen molar-refractivity contribution in [1.29, 1.82) is 0 Å². The fraction of sp³-hybridized carbons (Fsp3) is 0.562. The number of nitrogens with zero attached hydrogens (tertiary/aromatic N) is 1. The van der Waals surface area contributed by atoms with E-state index in [1.807, 2.05) is 0 Å². The summed E-state index contributed by atoms with van der Waals surface area (Å²) in [6, 6.07) is 10.4. The van der Waals surface area contributed by atoms with Crippen molar-refractivity contribution in [3.63, 3.8) is 0 Å². The third-order valence-corrected chi connectivity index (χ3v) is 4.99. The van der Waals surface area contributed by atoms with Crippen molar-refractivity contribution >= 4 is 11.4 Å². The molecule has 3 aliphatic rings. The SMILES string of the molecule is C[C@@H]1CC(=Nc2ccccc2)[C@H]2C[C@@H]1C2(C)C. The second-order valence-corrected chi connectivity index (χ2v) is 6.34. The Morgan fingerprint density at radius 1 is 1.18 bits per heavy atom. The minimum Gasteiger partial charge on any atom is -0.258 e. The van der Waals surface area contributed by atoms with Crippen molar-refractivity contribution < 1.29 is 0 Å². The largest absolute Gasteiger partial charge is 0.258 e. The van der Waals surface area contributed by atoms with E-state index in [-0.39, 0.29) is 0 Å². The molecule has 3 atom stereocenters. The molecule has 1 aromatic carbocycles. The summed E-state index contributed by atoms with van der Waals surface area (Å²) < 4.78 is 0. The van der Waals surface area contributed by atoms with Gasteiger partial charge in [-0.05, 0) is 42.2 Å². The van der Waals surface area contributed by atoms with Gasteiger partial charge in [0.15, 0.2) is 0 Å². The standard InChI is InChI=1S/C16H21N/c1-11-9-15(14-10-13(11)16(14,2)3)17-12-7-5-4-6-8-12/h4-8,11,13-14H,9-10H2,1-3H3/t11-,13+,14-/m1/s1. The molecule has 1 aromatic rings. The lowest BCUT2D eigenvalue weighted by Crippen LogP contribution is -2.56. The zero-order valence-corrected chi connectivity index (χ0v) is 11.0. The highest BCUT2D eigenvalue weighted by atomic mass is 14.8. The second kappa shape index (κ2) is 3.69. The molecule has 0 amide bonds. The summed E-state index contributed by atoms with van der Waals surface area (Å²) in [6.45, 7) is 7.23. The summed E-state index contributed by atoms with van der Waals surface area (Å²) in [6.07, 6.45) is 2.56. The predicted octanol–water partition coefficient (Wildman–Crippen LogP) is 4.46. The van der Waals surface area contributed by atoms with Gasteiger partial charge in [0, 0.05) is 11.6 Å². The van der Waals surface area contributed by atoms with Crippen LogP contribution in [-0.4, -0.2) is 5.71 Å². The van der Waals surface area contributed by atoms with E-state index in [9.17, 15) is 0 Å². The molecule has 17 heavy (non-hydrogen) atoms. The van der Waals surface area contributed by atoms with Crippen LogP contribution in [-0.2, 0) is 0 Å². The summed E-state index contributed by atoms with van der Waals surface area (Å²) in [4.78, 5) is 4.90. The minimum atomic E-state index is 0.477. The van der Waals surface area contributed by atoms with Gasteiger partial charge >= 0.3 is 0 Å². The molecule has 90 valence electrons. The van der Waals surface area contributed by atoms with E-state index < -0.39 is 0 Å². The Hall–Kier alpha value is -1.11. The maximum Gasteiger partial charge on any atom is 0.0629 e. The Morgan fingerprint density at radius 2 is 1.88 bits per heavy atom. The van der Waals surface area contributed by atoms with Gasteiger partial charge in [0.1, 0.15) is 0 Å². The van der Waals surface area contributed by atoms with E-state index in [1.54, 1.807) is 0 Å². The van der Waals surface area contributed by atoms with Crippen LogP contribution in [0.1, 0.15) is 33.6 Å². The first-order valence-corrected chi connectivity index (χ1v) is 6.71. The average molecular weight is 227 g/mol. The van der Waals surface area contributed by atoms with Crippen LogP contribution in [0.3, 0.4) is 0 Å². The number of hydrogen-bond acceptors (Lipinski definition) is 1. The molecule has 0 saturated heterocycles. The van der Waals surface area contributed by atoms with Gasteiger partial charge in [-0.15, -0.1) is 0 Å². The van der Waals surface area contributed by atoms with Gasteiger partial charge in [0.25, 0.3) is 0 Å². The molecule has 3 saturated carbocycles. The molecule has 2 bridgehead atoms. The normalized spacial score (nSPS) is 36.6. The third kappa shape index (κ3) is 1.64. The van der Waals surface area contributed by atoms with E-state index in [2.05, 4.69) is 51.1 Å². The van der Waals surface area contributed by atoms with Crippen LogP contribution < -0.4 is 0 Å². The first kappa shape index (κ1) is 11.0. The zero-order chi connectivity index (χ0) is 12.0. The summed E-state index contributed by atoms with van der Waals surface area (Å²) in [7, 11) is 0. The number of aliphatic imine (C=N–C) groups is 1. The Kier molecular flexibility index (Phi) is 2.39. The number of rotatable bonds is 1. The Balaban J connectivity index is 1.92. The van der Waals surface area contributed by atoms with Gasteiger partial charge in [-0.25, -0.2) is 0 Å². The Labute approximate surface area is 104 Å². The molecule has 0 aromatic heterocycles. The maximum absolute atomic E-state index is 4.90. The van der Waals surface area contributed by atoms with Crippen molar-refractivity contribution in [3.05, 3.63) is 30.3 Å². The first-order chi connectivity index (χ1) is 8.09. The lowest BCUT2D eigenvalue weighted by atomic mass is 9.45. The topological polar surface area (TPSA) is 12.4 Å². The van der Waals surface area contributed by atoms with Crippen LogP contribution in [0.15, 0.2) is 35.3 Å². The molecule has 0 heterocycles. The molecule has 4 rings (SSSR count). The summed E-state index contributed by atoms with van der Waals surface area (Å²) in [5.41, 5.74) is 3.04. The number of fused-ring (bicyclic) bond motifs is 2. The second-order valence-electron chi connectivity index (χ2n) is 6.34. The average Bonchev–Trinajstić information content (AvgIpc) is 2.29. The molecule has 0 spiro atoms. The van der Waals surface area contributed by atoms with Crippen molar-refractivity contribution in [3.8, 4) is 0 Å². The van der Waals surface area contributed by atoms with Crippen molar-refractivity contribution in [1.82, 2.24) is 0 Å². The maximum atomic E-state index is 4.90. The first-order valence-electron chi connectivity index (χ1n) is 6.71. The van der Waals surface area contributed by atoms with E-state index in [0.717, 1.165) is 23.4 Å². The molecule has 0 aliphatic heterocycles. The highest BCUT2D eigenvalue weighted by Crippen LogP contribution is 2.60. The molecule has 0 unspecified atom stereocenters. The van der Waals surface area contributed by atoms with Crippen LogP contribution in [0.25, 0.3) is 0 Å². The zero-order valence-electron chi connectivity index (χ0n) is 11.0. The van der Waals surface area contributed by atoms with Gasteiger partial charge in [-0.1, -0.05) is 39.0 Å². The summed E-state index contributed by atoms with van der Waals surface area (Å²) >= 11 is 0. The fourth-order valence-electron chi connectivity index (χ4n) is 3.90. The molecule has 3 aliphatic carbocycles. The Morgan fingerprint density at radius 3 is 2.47 bits per heavy atom. The van der Waals surface area contributed by atoms with Crippen LogP contribution >= 0.6 is 0 Å². The molecule has 3 fully saturated rings. The van der Waals surface area contributed by atoms with Crippen molar-refractivity contribution in [2.24, 2.45) is 28.2 Å². The molecule has 1 heteroatoms. The van der Waals surface area contributed by atoms with Crippen molar-refractivity contribution in [2.45, 2.75) is 33.6 Å². The highest BCUT2D eigenvalue weighted by molar-refractivity contribution is 5.92. The van der Waals surface area contributed by atoms with Gasteiger partial charge in [-0.2, -0.15) is 0 Å². The molecular weight excluding hydrogens is 206 g/mol. The lowest BCUT2D eigenvalue weighted by molar-refractivity contribution is -0.0338. The number of hydrogen-bond donors (Lipinski definition) is 0. The predicted molar refractivity (Wildman–Crippen MR) is 72.7 cm³/mol. The van der Waals surface area contributed by atoms with Gasteiger partial charge < -0.3 is 0 Å². The number of benzene rings is 1. The monoisotopic (exact) mass is 227 g/mol. The van der Waals surface area contributed by atoms with Crippen LogP contribution in [0.4, 0.5) is 5.69 Å². The Bertz CT molecular complexity index is 444. The summed E-state index contributed by atoms with van der Waals surface area (Å²) in [5, 5.41) is 0. The van der Waals surface area contributed by atoms with E-state index in [1.165, 1.54) is 18.6 Å². The minimum absolute atomic E-state index is 0.477. The summed E-state index contributed by atoms with van der Waals surface area (Å²) in [5.74, 6) is 2.45. The van der Waals surface area contributed by atoms with E-state index in [4.69, 9.17) is 4.99 Å². The fourth-order valence-corrected chi connectivity index (χ4v) is 3.90. The molecular formula is C16H21N. The smallest absolute Gasteiger partial charge is 0.0629 e. The molecule has 1 nitrogen and oxygen atoms in total. The van der Waals surface area contributed by atoms with Crippen molar-refractivity contribution in [2.75, 3.05) is 0 Å². The lowest BCUT2D eigenvalue weighted by Gasteiger charge is -2.59. The van der Waals surface area contributed by atoms with Gasteiger partial charge in [0.2, 0.25) is 0 Å². The third-order valence-electron chi connectivity index (χ3n) is 4.99. The quantitative estimate of drug-likeness (QED) is 0.671. The van der Waals surface area contributed by atoms with Gasteiger partial charge in [0.05, 0.1) is 5.69 Å². The highest BCUT2D eigenvalue weighted by Gasteiger charge is 2.55. The molecule has 0 radical (unpaired) electrons. The van der Waals surface area contributed by atoms with Crippen LogP contribution in [0, 0.1) is 23.2 Å². The van der Waals surface area contributed by atoms with E-state index in [0.29, 0.717) is 5.41 Å². The van der Waals surface area contributed by atoms with E-state index >= 15 is 0 Å².